The summed E-state index contributed by atoms with van der Waals surface area (Å²) >= 11 is 0. The van der Waals surface area contributed by atoms with Crippen LogP contribution in [-0.2, 0) is 13.2 Å². The van der Waals surface area contributed by atoms with Gasteiger partial charge in [-0.1, -0.05) is 48.9 Å². The maximum atomic E-state index is 5.83. The molecule has 0 aliphatic carbocycles. The lowest BCUT2D eigenvalue weighted by Gasteiger charge is -2.09. The van der Waals surface area contributed by atoms with Crippen LogP contribution in [0.1, 0.15) is 30.0 Å². The number of rotatable bonds is 10. The largest absolute Gasteiger partial charge is 0.489 e. The molecule has 0 bridgehead atoms. The van der Waals surface area contributed by atoms with Gasteiger partial charge in [0.05, 0.1) is 0 Å². The molecular formula is C20H28N2O. The zero-order valence-electron chi connectivity index (χ0n) is 14.3. The van der Waals surface area contributed by atoms with Crippen LogP contribution in [0, 0.1) is 6.92 Å². The van der Waals surface area contributed by atoms with Crippen LogP contribution in [0.2, 0.25) is 0 Å². The molecule has 0 saturated carbocycles. The van der Waals surface area contributed by atoms with Crippen LogP contribution in [0.3, 0.4) is 0 Å². The molecule has 2 N–H and O–H groups in total. The minimum Gasteiger partial charge on any atom is -0.489 e. The van der Waals surface area contributed by atoms with Gasteiger partial charge in [0, 0.05) is 6.54 Å². The highest BCUT2D eigenvalue weighted by Crippen LogP contribution is 2.14. The van der Waals surface area contributed by atoms with Crippen LogP contribution in [0.25, 0.3) is 0 Å². The zero-order chi connectivity index (χ0) is 16.3. The molecule has 0 aromatic heterocycles. The van der Waals surface area contributed by atoms with Gasteiger partial charge >= 0.3 is 0 Å². The van der Waals surface area contributed by atoms with E-state index in [9.17, 15) is 0 Å². The van der Waals surface area contributed by atoms with Crippen LogP contribution in [0.15, 0.2) is 48.5 Å². The Kier molecular flexibility index (Phi) is 7.64. The lowest BCUT2D eigenvalue weighted by atomic mass is 10.2. The molecule has 0 saturated heterocycles. The first-order valence-corrected chi connectivity index (χ1v) is 8.46. The van der Waals surface area contributed by atoms with Crippen molar-refractivity contribution < 1.29 is 4.74 Å². The molecular weight excluding hydrogens is 284 g/mol. The first-order chi connectivity index (χ1) is 11.3. The van der Waals surface area contributed by atoms with Gasteiger partial charge in [-0.05, 0) is 56.2 Å². The number of aryl methyl sites for hydroxylation is 1. The summed E-state index contributed by atoms with van der Waals surface area (Å²) in [5.74, 6) is 0.918. The van der Waals surface area contributed by atoms with Crippen molar-refractivity contribution in [2.75, 3.05) is 19.6 Å². The monoisotopic (exact) mass is 312 g/mol. The van der Waals surface area contributed by atoms with Gasteiger partial charge in [0.15, 0.2) is 0 Å². The first kappa shape index (κ1) is 17.5. The van der Waals surface area contributed by atoms with Gasteiger partial charge < -0.3 is 15.4 Å². The third-order valence-electron chi connectivity index (χ3n) is 3.74. The smallest absolute Gasteiger partial charge is 0.119 e. The topological polar surface area (TPSA) is 33.3 Å². The molecule has 0 aliphatic heterocycles. The van der Waals surface area contributed by atoms with E-state index in [1.54, 1.807) is 0 Å². The molecule has 0 heterocycles. The first-order valence-electron chi connectivity index (χ1n) is 8.46. The molecule has 2 rings (SSSR count). The van der Waals surface area contributed by atoms with Gasteiger partial charge in [-0.3, -0.25) is 0 Å². The minimum atomic E-state index is 0.613. The predicted molar refractivity (Wildman–Crippen MR) is 96.8 cm³/mol. The average Bonchev–Trinajstić information content (AvgIpc) is 2.58. The number of nitrogens with one attached hydrogen (secondary N) is 2. The summed E-state index contributed by atoms with van der Waals surface area (Å²) in [5, 5.41) is 6.79. The van der Waals surface area contributed by atoms with Gasteiger partial charge in [0.1, 0.15) is 12.4 Å². The minimum absolute atomic E-state index is 0.613. The van der Waals surface area contributed by atoms with Crippen LogP contribution >= 0.6 is 0 Å². The van der Waals surface area contributed by atoms with E-state index in [2.05, 4.69) is 60.9 Å². The highest BCUT2D eigenvalue weighted by Gasteiger charge is 1.98. The highest BCUT2D eigenvalue weighted by atomic mass is 16.5. The summed E-state index contributed by atoms with van der Waals surface area (Å²) in [5.41, 5.74) is 3.76. The standard InChI is InChI=1S/C20H28N2O/c1-3-21-13-4-14-22-15-18-9-11-20(12-10-18)23-16-19-7-5-17(2)6-8-19/h5-12,21-22H,3-4,13-16H2,1-2H3. The fraction of sp³-hybridized carbons (Fsp3) is 0.400. The van der Waals surface area contributed by atoms with E-state index < -0.39 is 0 Å². The van der Waals surface area contributed by atoms with Gasteiger partial charge in [-0.2, -0.15) is 0 Å². The maximum Gasteiger partial charge on any atom is 0.119 e. The van der Waals surface area contributed by atoms with Crippen molar-refractivity contribution in [3.63, 3.8) is 0 Å². The van der Waals surface area contributed by atoms with Crippen molar-refractivity contribution >= 4 is 0 Å². The summed E-state index contributed by atoms with van der Waals surface area (Å²) in [4.78, 5) is 0. The van der Waals surface area contributed by atoms with Gasteiger partial charge in [0.2, 0.25) is 0 Å². The summed E-state index contributed by atoms with van der Waals surface area (Å²) in [6, 6.07) is 16.8. The second-order valence-corrected chi connectivity index (χ2v) is 5.80. The quantitative estimate of drug-likeness (QED) is 0.657. The Hall–Kier alpha value is -1.84. The van der Waals surface area contributed by atoms with Crippen LogP contribution in [-0.4, -0.2) is 19.6 Å². The molecule has 2 aromatic rings. The van der Waals surface area contributed by atoms with E-state index in [1.807, 2.05) is 12.1 Å². The molecule has 0 radical (unpaired) electrons. The molecule has 0 unspecified atom stereocenters. The van der Waals surface area contributed by atoms with Crippen LogP contribution in [0.5, 0.6) is 5.75 Å². The predicted octanol–water partition coefficient (Wildman–Crippen LogP) is 3.66. The molecule has 3 heteroatoms. The van der Waals surface area contributed by atoms with Crippen molar-refractivity contribution in [2.45, 2.75) is 33.4 Å². The van der Waals surface area contributed by atoms with E-state index in [0.717, 1.165) is 38.3 Å². The lowest BCUT2D eigenvalue weighted by Crippen LogP contribution is -2.21. The Morgan fingerprint density at radius 3 is 2.17 bits per heavy atom. The molecule has 124 valence electrons. The lowest BCUT2D eigenvalue weighted by molar-refractivity contribution is 0.306. The normalized spacial score (nSPS) is 10.7. The number of benzene rings is 2. The number of hydrogen-bond donors (Lipinski definition) is 2. The van der Waals surface area contributed by atoms with Gasteiger partial charge in [-0.25, -0.2) is 0 Å². The molecule has 0 fully saturated rings. The Bertz CT molecular complexity index is 549. The van der Waals surface area contributed by atoms with E-state index in [1.165, 1.54) is 16.7 Å². The molecule has 0 amide bonds. The summed E-state index contributed by atoms with van der Waals surface area (Å²) in [6.45, 7) is 8.91. The third kappa shape index (κ3) is 6.85. The Labute approximate surface area is 140 Å². The highest BCUT2D eigenvalue weighted by molar-refractivity contribution is 5.28. The van der Waals surface area contributed by atoms with Crippen molar-refractivity contribution in [1.29, 1.82) is 0 Å². The fourth-order valence-electron chi connectivity index (χ4n) is 2.30. The van der Waals surface area contributed by atoms with Gasteiger partial charge in [-0.15, -0.1) is 0 Å². The van der Waals surface area contributed by atoms with E-state index >= 15 is 0 Å². The second kappa shape index (κ2) is 10.0. The van der Waals surface area contributed by atoms with Crippen molar-refractivity contribution in [3.8, 4) is 5.75 Å². The summed E-state index contributed by atoms with van der Waals surface area (Å²) < 4.78 is 5.83. The Morgan fingerprint density at radius 2 is 1.48 bits per heavy atom. The van der Waals surface area contributed by atoms with Crippen molar-refractivity contribution in [1.82, 2.24) is 10.6 Å². The van der Waals surface area contributed by atoms with Crippen LogP contribution in [0.4, 0.5) is 0 Å². The Balaban J connectivity index is 1.68. The molecule has 2 aromatic carbocycles. The van der Waals surface area contributed by atoms with Crippen molar-refractivity contribution in [3.05, 3.63) is 65.2 Å². The maximum absolute atomic E-state index is 5.83. The molecule has 0 aliphatic rings. The molecule has 0 spiro atoms. The molecule has 23 heavy (non-hydrogen) atoms. The third-order valence-corrected chi connectivity index (χ3v) is 3.74. The van der Waals surface area contributed by atoms with Crippen molar-refractivity contribution in [2.24, 2.45) is 0 Å². The number of hydrogen-bond acceptors (Lipinski definition) is 3. The fourth-order valence-corrected chi connectivity index (χ4v) is 2.30. The summed E-state index contributed by atoms with van der Waals surface area (Å²) in [6.07, 6.45) is 1.16. The van der Waals surface area contributed by atoms with Gasteiger partial charge in [0.25, 0.3) is 0 Å². The Morgan fingerprint density at radius 1 is 0.826 bits per heavy atom. The van der Waals surface area contributed by atoms with E-state index in [0.29, 0.717) is 6.61 Å². The molecule has 0 atom stereocenters. The second-order valence-electron chi connectivity index (χ2n) is 5.80. The average molecular weight is 312 g/mol. The molecule has 3 nitrogen and oxygen atoms in total. The summed E-state index contributed by atoms with van der Waals surface area (Å²) in [7, 11) is 0. The zero-order valence-corrected chi connectivity index (χ0v) is 14.3. The van der Waals surface area contributed by atoms with Crippen LogP contribution < -0.4 is 15.4 Å². The van der Waals surface area contributed by atoms with E-state index in [4.69, 9.17) is 4.74 Å². The SMILES string of the molecule is CCNCCCNCc1ccc(OCc2ccc(C)cc2)cc1. The number of ether oxygens (including phenoxy) is 1. The van der Waals surface area contributed by atoms with E-state index in [-0.39, 0.29) is 0 Å².